The second-order valence-electron chi connectivity index (χ2n) is 6.32. The van der Waals surface area contributed by atoms with Crippen molar-refractivity contribution in [1.29, 1.82) is 0 Å². The fourth-order valence-electron chi connectivity index (χ4n) is 2.35. The number of nitrogens with zero attached hydrogens (tertiary/aromatic N) is 3. The molecule has 2 saturated carbocycles. The summed E-state index contributed by atoms with van der Waals surface area (Å²) in [5.41, 5.74) is 6.70. The highest BCUT2D eigenvalue weighted by atomic mass is 16.2. The summed E-state index contributed by atoms with van der Waals surface area (Å²) in [5, 5.41) is 0. The Kier molecular flexibility index (Phi) is 3.36. The minimum Gasteiger partial charge on any atom is -0.396 e. The summed E-state index contributed by atoms with van der Waals surface area (Å²) in [7, 11) is 0. The topological polar surface area (TPSA) is 72.1 Å². The number of carbonyl (C=O) groups is 1. The highest BCUT2D eigenvalue weighted by Crippen LogP contribution is 2.35. The van der Waals surface area contributed by atoms with Gasteiger partial charge in [0.05, 0.1) is 11.9 Å². The van der Waals surface area contributed by atoms with Crippen LogP contribution in [0.15, 0.2) is 6.20 Å². The Hall–Kier alpha value is -1.65. The van der Waals surface area contributed by atoms with Crippen molar-refractivity contribution in [3.8, 4) is 0 Å². The molecule has 0 spiro atoms. The molecule has 1 heterocycles. The summed E-state index contributed by atoms with van der Waals surface area (Å²) in [6.45, 7) is 4.90. The summed E-state index contributed by atoms with van der Waals surface area (Å²) >= 11 is 0. The quantitative estimate of drug-likeness (QED) is 0.893. The largest absolute Gasteiger partial charge is 0.396 e. The third-order valence-corrected chi connectivity index (χ3v) is 3.95. The predicted molar refractivity (Wildman–Crippen MR) is 77.3 cm³/mol. The van der Waals surface area contributed by atoms with Gasteiger partial charge < -0.3 is 10.6 Å². The number of hydrogen-bond donors (Lipinski definition) is 1. The third-order valence-electron chi connectivity index (χ3n) is 3.95. The Morgan fingerprint density at radius 3 is 2.65 bits per heavy atom. The molecule has 0 aliphatic heterocycles. The standard InChI is InChI=1S/C15H22N4O/c1-9(2)14-17-7-12(16)13(18-14)15(20)19(11-5-6-11)8-10-3-4-10/h7,9-11H,3-6,8,16H2,1-2H3. The van der Waals surface area contributed by atoms with Gasteiger partial charge in [-0.25, -0.2) is 9.97 Å². The van der Waals surface area contributed by atoms with Crippen LogP contribution in [-0.2, 0) is 0 Å². The van der Waals surface area contributed by atoms with Crippen LogP contribution in [0.4, 0.5) is 5.69 Å². The van der Waals surface area contributed by atoms with Gasteiger partial charge in [-0.3, -0.25) is 4.79 Å². The molecule has 1 amide bonds. The number of hydrogen-bond acceptors (Lipinski definition) is 4. The minimum atomic E-state index is -0.0128. The second-order valence-corrected chi connectivity index (χ2v) is 6.32. The molecule has 0 radical (unpaired) electrons. The first-order valence-corrected chi connectivity index (χ1v) is 7.49. The Morgan fingerprint density at radius 2 is 2.10 bits per heavy atom. The highest BCUT2D eigenvalue weighted by Gasteiger charge is 2.38. The van der Waals surface area contributed by atoms with Gasteiger partial charge in [-0.1, -0.05) is 13.8 Å². The van der Waals surface area contributed by atoms with E-state index in [-0.39, 0.29) is 11.8 Å². The van der Waals surface area contributed by atoms with Gasteiger partial charge in [-0.15, -0.1) is 0 Å². The Bertz CT molecular complexity index is 521. The van der Waals surface area contributed by atoms with Crippen LogP contribution in [-0.4, -0.2) is 33.4 Å². The summed E-state index contributed by atoms with van der Waals surface area (Å²) in [5.74, 6) is 1.55. The van der Waals surface area contributed by atoms with Gasteiger partial charge >= 0.3 is 0 Å². The van der Waals surface area contributed by atoms with E-state index in [0.717, 1.165) is 19.4 Å². The van der Waals surface area contributed by atoms with Crippen LogP contribution in [0.3, 0.4) is 0 Å². The van der Waals surface area contributed by atoms with Crippen molar-refractivity contribution in [1.82, 2.24) is 14.9 Å². The van der Waals surface area contributed by atoms with Gasteiger partial charge in [-0.05, 0) is 31.6 Å². The molecule has 3 rings (SSSR count). The van der Waals surface area contributed by atoms with Gasteiger partial charge in [0.2, 0.25) is 0 Å². The van der Waals surface area contributed by atoms with E-state index in [0.29, 0.717) is 29.2 Å². The van der Waals surface area contributed by atoms with Crippen molar-refractivity contribution in [2.24, 2.45) is 5.92 Å². The zero-order chi connectivity index (χ0) is 14.3. The predicted octanol–water partition coefficient (Wildman–Crippen LogP) is 2.20. The fraction of sp³-hybridized carbons (Fsp3) is 0.667. The van der Waals surface area contributed by atoms with Gasteiger partial charge in [0.15, 0.2) is 5.69 Å². The van der Waals surface area contributed by atoms with Gasteiger partial charge in [0.1, 0.15) is 5.82 Å². The number of carbonyl (C=O) groups excluding carboxylic acids is 1. The molecule has 0 aromatic carbocycles. The van der Waals surface area contributed by atoms with E-state index in [4.69, 9.17) is 5.73 Å². The number of rotatable bonds is 5. The molecule has 5 nitrogen and oxygen atoms in total. The Balaban J connectivity index is 1.85. The third kappa shape index (κ3) is 2.76. The van der Waals surface area contributed by atoms with E-state index < -0.39 is 0 Å². The molecular weight excluding hydrogens is 252 g/mol. The zero-order valence-corrected chi connectivity index (χ0v) is 12.2. The van der Waals surface area contributed by atoms with E-state index in [2.05, 4.69) is 9.97 Å². The lowest BCUT2D eigenvalue weighted by molar-refractivity contribution is 0.0729. The van der Waals surface area contributed by atoms with Crippen LogP contribution in [0.25, 0.3) is 0 Å². The molecule has 0 bridgehead atoms. The molecule has 1 aromatic heterocycles. The average Bonchev–Trinajstić information content (AvgIpc) is 3.27. The smallest absolute Gasteiger partial charge is 0.274 e. The first-order valence-electron chi connectivity index (χ1n) is 7.49. The Labute approximate surface area is 119 Å². The average molecular weight is 274 g/mol. The summed E-state index contributed by atoms with van der Waals surface area (Å²) in [4.78, 5) is 23.3. The van der Waals surface area contributed by atoms with Crippen molar-refractivity contribution in [2.45, 2.75) is 51.5 Å². The second kappa shape index (κ2) is 5.04. The monoisotopic (exact) mass is 274 g/mol. The lowest BCUT2D eigenvalue weighted by Crippen LogP contribution is -2.36. The van der Waals surface area contributed by atoms with E-state index in [1.165, 1.54) is 12.8 Å². The summed E-state index contributed by atoms with van der Waals surface area (Å²) in [6.07, 6.45) is 6.28. The molecule has 2 fully saturated rings. The molecular formula is C15H22N4O. The van der Waals surface area contributed by atoms with Gasteiger partial charge in [0.25, 0.3) is 5.91 Å². The fourth-order valence-corrected chi connectivity index (χ4v) is 2.35. The number of anilines is 1. The first-order chi connectivity index (χ1) is 9.56. The van der Waals surface area contributed by atoms with Crippen LogP contribution in [0, 0.1) is 5.92 Å². The molecule has 5 heteroatoms. The summed E-state index contributed by atoms with van der Waals surface area (Å²) < 4.78 is 0. The maximum atomic E-state index is 12.7. The molecule has 20 heavy (non-hydrogen) atoms. The maximum Gasteiger partial charge on any atom is 0.274 e. The molecule has 0 saturated heterocycles. The molecule has 0 unspecified atom stereocenters. The van der Waals surface area contributed by atoms with Crippen LogP contribution < -0.4 is 5.73 Å². The van der Waals surface area contributed by atoms with Crippen molar-refractivity contribution in [3.05, 3.63) is 17.7 Å². The number of nitrogens with two attached hydrogens (primary N) is 1. The molecule has 1 aromatic rings. The molecule has 2 N–H and O–H groups in total. The normalized spacial score (nSPS) is 18.4. The van der Waals surface area contributed by atoms with E-state index >= 15 is 0 Å². The van der Waals surface area contributed by atoms with E-state index in [1.807, 2.05) is 18.7 Å². The highest BCUT2D eigenvalue weighted by molar-refractivity contribution is 5.97. The molecule has 2 aliphatic rings. The van der Waals surface area contributed by atoms with Crippen LogP contribution in [0.2, 0.25) is 0 Å². The van der Waals surface area contributed by atoms with E-state index in [9.17, 15) is 4.79 Å². The first kappa shape index (κ1) is 13.3. The van der Waals surface area contributed by atoms with Gasteiger partial charge in [-0.2, -0.15) is 0 Å². The van der Waals surface area contributed by atoms with Crippen LogP contribution in [0.1, 0.15) is 61.8 Å². The van der Waals surface area contributed by atoms with Crippen molar-refractivity contribution < 1.29 is 4.79 Å². The van der Waals surface area contributed by atoms with Crippen molar-refractivity contribution in [2.75, 3.05) is 12.3 Å². The van der Waals surface area contributed by atoms with Crippen molar-refractivity contribution >= 4 is 11.6 Å². The lowest BCUT2D eigenvalue weighted by atomic mass is 10.2. The number of nitrogen functional groups attached to an aromatic ring is 1. The number of amides is 1. The lowest BCUT2D eigenvalue weighted by Gasteiger charge is -2.22. The molecule has 0 atom stereocenters. The van der Waals surface area contributed by atoms with Crippen LogP contribution in [0.5, 0.6) is 0 Å². The molecule has 108 valence electrons. The SMILES string of the molecule is CC(C)c1ncc(N)c(C(=O)N(CC2CC2)C2CC2)n1. The van der Waals surface area contributed by atoms with Crippen molar-refractivity contribution in [3.63, 3.8) is 0 Å². The van der Waals surface area contributed by atoms with E-state index in [1.54, 1.807) is 6.20 Å². The molecule has 2 aliphatic carbocycles. The number of aromatic nitrogens is 2. The zero-order valence-electron chi connectivity index (χ0n) is 12.2. The summed E-state index contributed by atoms with van der Waals surface area (Å²) in [6, 6.07) is 0.403. The maximum absolute atomic E-state index is 12.7. The van der Waals surface area contributed by atoms with Crippen LogP contribution >= 0.6 is 0 Å². The van der Waals surface area contributed by atoms with Gasteiger partial charge in [0, 0.05) is 18.5 Å². The minimum absolute atomic E-state index is 0.0128. The Morgan fingerprint density at radius 1 is 1.40 bits per heavy atom.